The lowest BCUT2D eigenvalue weighted by Gasteiger charge is -2.13. The van der Waals surface area contributed by atoms with Crippen molar-refractivity contribution < 1.29 is 27.1 Å². The summed E-state index contributed by atoms with van der Waals surface area (Å²) in [6.07, 6.45) is 0.441. The number of amides is 1. The lowest BCUT2D eigenvalue weighted by molar-refractivity contribution is 0.0951. The third-order valence-electron chi connectivity index (χ3n) is 4.72. The van der Waals surface area contributed by atoms with Crippen LogP contribution in [-0.4, -0.2) is 34.6 Å². The molecule has 33 heavy (non-hydrogen) atoms. The van der Waals surface area contributed by atoms with Gasteiger partial charge in [-0.25, -0.2) is 12.8 Å². The van der Waals surface area contributed by atoms with Crippen molar-refractivity contribution in [2.24, 2.45) is 0 Å². The normalized spacial score (nSPS) is 11.0. The van der Waals surface area contributed by atoms with Gasteiger partial charge >= 0.3 is 0 Å². The molecular weight excluding hydrogens is 447 g/mol. The average molecular weight is 473 g/mol. The zero-order valence-electron chi connectivity index (χ0n) is 18.3. The predicted molar refractivity (Wildman–Crippen MR) is 124 cm³/mol. The molecule has 1 amide bonds. The summed E-state index contributed by atoms with van der Waals surface area (Å²) >= 11 is 0. The van der Waals surface area contributed by atoms with Gasteiger partial charge in [0.1, 0.15) is 10.6 Å². The molecule has 0 radical (unpaired) electrons. The van der Waals surface area contributed by atoms with Crippen LogP contribution in [0.3, 0.4) is 0 Å². The first kappa shape index (κ1) is 24.1. The third-order valence-corrected chi connectivity index (χ3v) is 6.12. The summed E-state index contributed by atoms with van der Waals surface area (Å²) in [7, 11) is -2.64. The quantitative estimate of drug-likeness (QED) is 0.433. The summed E-state index contributed by atoms with van der Waals surface area (Å²) in [5, 5.41) is 2.70. The lowest BCUT2D eigenvalue weighted by Crippen LogP contribution is -2.26. The van der Waals surface area contributed by atoms with E-state index in [1.165, 1.54) is 37.4 Å². The highest BCUT2D eigenvalue weighted by Crippen LogP contribution is 2.27. The molecule has 2 N–H and O–H groups in total. The molecule has 0 aromatic heterocycles. The van der Waals surface area contributed by atoms with Gasteiger partial charge in [0, 0.05) is 17.8 Å². The van der Waals surface area contributed by atoms with Crippen LogP contribution in [0.1, 0.15) is 22.3 Å². The van der Waals surface area contributed by atoms with Crippen LogP contribution in [0.4, 0.5) is 10.1 Å². The van der Waals surface area contributed by atoms with E-state index < -0.39 is 21.7 Å². The minimum absolute atomic E-state index is 0.115. The maximum atomic E-state index is 13.5. The lowest BCUT2D eigenvalue weighted by atomic mass is 10.2. The SMILES string of the molecule is COc1ccc(C(=O)NCCCOc2ccccc2F)cc1S(=O)(=O)Nc1ccc(C)cc1. The van der Waals surface area contributed by atoms with E-state index in [4.69, 9.17) is 9.47 Å². The standard InChI is InChI=1S/C24H25FN2O5S/c1-17-8-11-19(12-9-17)27-33(29,30)23-16-18(10-13-22(23)31-2)24(28)26-14-5-15-32-21-7-4-3-6-20(21)25/h3-4,6-13,16,27H,5,14-15H2,1-2H3,(H,26,28). The van der Waals surface area contributed by atoms with Crippen LogP contribution in [0.25, 0.3) is 0 Å². The number of benzene rings is 3. The minimum Gasteiger partial charge on any atom is -0.495 e. The van der Waals surface area contributed by atoms with E-state index in [-0.39, 0.29) is 35.1 Å². The van der Waals surface area contributed by atoms with Crippen molar-refractivity contribution in [3.8, 4) is 11.5 Å². The van der Waals surface area contributed by atoms with Crippen molar-refractivity contribution in [1.82, 2.24) is 5.32 Å². The number of hydrogen-bond acceptors (Lipinski definition) is 5. The second kappa shape index (κ2) is 10.8. The number of carbonyl (C=O) groups is 1. The summed E-state index contributed by atoms with van der Waals surface area (Å²) in [4.78, 5) is 12.4. The van der Waals surface area contributed by atoms with Crippen LogP contribution in [0.5, 0.6) is 11.5 Å². The number of aryl methyl sites for hydroxylation is 1. The Bertz CT molecular complexity index is 1210. The van der Waals surface area contributed by atoms with Crippen molar-refractivity contribution in [1.29, 1.82) is 0 Å². The molecule has 0 unspecified atom stereocenters. The maximum Gasteiger partial charge on any atom is 0.265 e. The summed E-state index contributed by atoms with van der Waals surface area (Å²) in [5.41, 5.74) is 1.55. The number of rotatable bonds is 10. The highest BCUT2D eigenvalue weighted by atomic mass is 32.2. The molecule has 0 fully saturated rings. The Morgan fingerprint density at radius 1 is 1.00 bits per heavy atom. The molecule has 0 bridgehead atoms. The summed E-state index contributed by atoms with van der Waals surface area (Å²) < 4.78 is 52.4. The third kappa shape index (κ3) is 6.45. The van der Waals surface area contributed by atoms with E-state index in [2.05, 4.69) is 10.0 Å². The molecule has 3 aromatic rings. The smallest absolute Gasteiger partial charge is 0.265 e. The minimum atomic E-state index is -4.00. The monoisotopic (exact) mass is 472 g/mol. The molecule has 7 nitrogen and oxygen atoms in total. The van der Waals surface area contributed by atoms with Gasteiger partial charge in [0.15, 0.2) is 11.6 Å². The number of sulfonamides is 1. The van der Waals surface area contributed by atoms with Crippen LogP contribution in [0.15, 0.2) is 71.6 Å². The van der Waals surface area contributed by atoms with Crippen molar-refractivity contribution in [2.45, 2.75) is 18.2 Å². The zero-order chi connectivity index (χ0) is 23.8. The second-order valence-corrected chi connectivity index (χ2v) is 8.88. The molecular formula is C24H25FN2O5S. The fourth-order valence-electron chi connectivity index (χ4n) is 2.98. The van der Waals surface area contributed by atoms with E-state index in [1.807, 2.05) is 6.92 Å². The van der Waals surface area contributed by atoms with Gasteiger partial charge in [0.05, 0.1) is 13.7 Å². The van der Waals surface area contributed by atoms with Gasteiger partial charge in [-0.3, -0.25) is 9.52 Å². The fraction of sp³-hybridized carbons (Fsp3) is 0.208. The number of para-hydroxylation sites is 1. The molecule has 0 aliphatic heterocycles. The first-order valence-electron chi connectivity index (χ1n) is 10.2. The van der Waals surface area contributed by atoms with E-state index >= 15 is 0 Å². The Hall–Kier alpha value is -3.59. The molecule has 0 saturated heterocycles. The molecule has 9 heteroatoms. The Morgan fingerprint density at radius 2 is 1.73 bits per heavy atom. The molecule has 3 aromatic carbocycles. The number of anilines is 1. The van der Waals surface area contributed by atoms with E-state index in [0.717, 1.165) is 5.56 Å². The number of nitrogens with one attached hydrogen (secondary N) is 2. The van der Waals surface area contributed by atoms with Crippen molar-refractivity contribution in [3.63, 3.8) is 0 Å². The van der Waals surface area contributed by atoms with Crippen LogP contribution < -0.4 is 19.5 Å². The molecule has 0 atom stereocenters. The second-order valence-electron chi connectivity index (χ2n) is 7.23. The highest BCUT2D eigenvalue weighted by molar-refractivity contribution is 7.92. The summed E-state index contributed by atoms with van der Waals surface area (Å²) in [6, 6.07) is 17.1. The summed E-state index contributed by atoms with van der Waals surface area (Å²) in [6.45, 7) is 2.38. The Balaban J connectivity index is 1.63. The average Bonchev–Trinajstić information content (AvgIpc) is 2.80. The van der Waals surface area contributed by atoms with E-state index in [9.17, 15) is 17.6 Å². The number of halogens is 1. The Morgan fingerprint density at radius 3 is 2.42 bits per heavy atom. The van der Waals surface area contributed by atoms with Gasteiger partial charge in [-0.15, -0.1) is 0 Å². The fourth-order valence-corrected chi connectivity index (χ4v) is 4.23. The number of ether oxygens (including phenoxy) is 2. The molecule has 3 rings (SSSR count). The number of carbonyl (C=O) groups excluding carboxylic acids is 1. The van der Waals surface area contributed by atoms with Gasteiger partial charge < -0.3 is 14.8 Å². The van der Waals surface area contributed by atoms with Crippen molar-refractivity contribution in [2.75, 3.05) is 25.0 Å². The predicted octanol–water partition coefficient (Wildman–Crippen LogP) is 4.14. The zero-order valence-corrected chi connectivity index (χ0v) is 19.1. The van der Waals surface area contributed by atoms with Gasteiger partial charge in [0.25, 0.3) is 15.9 Å². The van der Waals surface area contributed by atoms with Crippen LogP contribution in [-0.2, 0) is 10.0 Å². The maximum absolute atomic E-state index is 13.5. The van der Waals surface area contributed by atoms with Crippen LogP contribution >= 0.6 is 0 Å². The summed E-state index contributed by atoms with van der Waals surface area (Å²) in [5.74, 6) is -0.637. The van der Waals surface area contributed by atoms with E-state index in [1.54, 1.807) is 36.4 Å². The molecule has 0 saturated carbocycles. The first-order valence-corrected chi connectivity index (χ1v) is 11.7. The van der Waals surface area contributed by atoms with Crippen molar-refractivity contribution >= 4 is 21.6 Å². The molecule has 0 heterocycles. The highest BCUT2D eigenvalue weighted by Gasteiger charge is 2.22. The van der Waals surface area contributed by atoms with Gasteiger partial charge in [-0.05, 0) is 55.8 Å². The van der Waals surface area contributed by atoms with Gasteiger partial charge in [0.2, 0.25) is 0 Å². The van der Waals surface area contributed by atoms with Crippen LogP contribution in [0, 0.1) is 12.7 Å². The number of hydrogen-bond donors (Lipinski definition) is 2. The van der Waals surface area contributed by atoms with Gasteiger partial charge in [-0.1, -0.05) is 29.8 Å². The molecule has 0 spiro atoms. The van der Waals surface area contributed by atoms with Gasteiger partial charge in [-0.2, -0.15) is 0 Å². The molecule has 0 aliphatic carbocycles. The Labute approximate surface area is 192 Å². The van der Waals surface area contributed by atoms with Crippen LogP contribution in [0.2, 0.25) is 0 Å². The topological polar surface area (TPSA) is 93.7 Å². The van der Waals surface area contributed by atoms with Crippen molar-refractivity contribution in [3.05, 3.63) is 83.7 Å². The first-order chi connectivity index (χ1) is 15.8. The molecule has 174 valence electrons. The Kier molecular flexibility index (Phi) is 7.89. The largest absolute Gasteiger partial charge is 0.495 e. The molecule has 0 aliphatic rings. The van der Waals surface area contributed by atoms with E-state index in [0.29, 0.717) is 12.1 Å². The number of methoxy groups -OCH3 is 1.